The molecular weight excluding hydrogens is 1390 g/mol. The van der Waals surface area contributed by atoms with Crippen LogP contribution >= 0.6 is 33.2 Å². The predicted octanol–water partition coefficient (Wildman–Crippen LogP) is 1.56. The molecule has 34 heteroatoms. The lowest BCUT2D eigenvalue weighted by Gasteiger charge is -2.35. The van der Waals surface area contributed by atoms with E-state index < -0.39 is 202 Å². The Morgan fingerprint density at radius 2 is 1.35 bits per heavy atom. The van der Waals surface area contributed by atoms with Crippen LogP contribution in [-0.4, -0.2) is 281 Å². The number of carboxylic acids is 5. The molecule has 0 radical (unpaired) electrons. The van der Waals surface area contributed by atoms with Crippen LogP contribution in [0.2, 0.25) is 5.02 Å². The summed E-state index contributed by atoms with van der Waals surface area (Å²) in [6.07, 6.45) is -3.94. The van der Waals surface area contributed by atoms with Gasteiger partial charge in [0.2, 0.25) is 29.5 Å². The van der Waals surface area contributed by atoms with E-state index in [2.05, 4.69) is 26.3 Å². The molecule has 12 N–H and O–H groups in total. The summed E-state index contributed by atoms with van der Waals surface area (Å²) in [6.45, 7) is 2.87. The van der Waals surface area contributed by atoms with E-state index in [0.29, 0.717) is 22.0 Å². The van der Waals surface area contributed by atoms with E-state index in [-0.39, 0.29) is 125 Å². The van der Waals surface area contributed by atoms with Crippen molar-refractivity contribution in [2.75, 3.05) is 96.6 Å². The Kier molecular flexibility index (Phi) is 33.1. The van der Waals surface area contributed by atoms with Crippen LogP contribution in [0.5, 0.6) is 5.75 Å². The van der Waals surface area contributed by atoms with Gasteiger partial charge >= 0.3 is 29.8 Å². The number of aliphatic carboxylic acids is 5. The fraction of sp³-hybridized carbons (Fsp3) is 0.588. The van der Waals surface area contributed by atoms with Crippen molar-refractivity contribution in [3.05, 3.63) is 64.8 Å². The molecule has 3 aliphatic heterocycles. The molecule has 3 fully saturated rings. The average Bonchev–Trinajstić information content (AvgIpc) is 1.65. The molecule has 9 atom stereocenters. The number of aromatic amines is 1. The summed E-state index contributed by atoms with van der Waals surface area (Å²) in [7, 11) is 2.02. The number of para-hydroxylation sites is 1. The van der Waals surface area contributed by atoms with Crippen LogP contribution in [0.3, 0.4) is 0 Å². The Hall–Kier alpha value is -8.05. The van der Waals surface area contributed by atoms with Crippen LogP contribution < -0.4 is 21.3 Å². The van der Waals surface area contributed by atoms with Gasteiger partial charge in [0.25, 0.3) is 0 Å². The molecule has 4 heterocycles. The molecule has 2 aromatic carbocycles. The Morgan fingerprint density at radius 1 is 0.735 bits per heavy atom. The number of Topliss-reactive ketones (excluding diaryl/α,β-unsaturated/α-hetero) is 4. The molecule has 560 valence electrons. The number of aliphatic hydroxyl groups is 1. The Morgan fingerprint density at radius 3 is 1.94 bits per heavy atom. The van der Waals surface area contributed by atoms with Crippen LogP contribution in [0.15, 0.2) is 48.7 Å². The van der Waals surface area contributed by atoms with Gasteiger partial charge in [0, 0.05) is 157 Å². The number of halogens is 1. The summed E-state index contributed by atoms with van der Waals surface area (Å²) in [5, 5.41) is 82.7. The number of rotatable bonds is 28. The van der Waals surface area contributed by atoms with Crippen molar-refractivity contribution >= 4 is 127 Å². The molecular formula is C68H93ClN10O21S2. The number of phenols is 1. The first kappa shape index (κ1) is 82.9. The van der Waals surface area contributed by atoms with Crippen molar-refractivity contribution in [3.8, 4) is 5.75 Å². The van der Waals surface area contributed by atoms with Crippen molar-refractivity contribution in [2.45, 2.75) is 134 Å². The van der Waals surface area contributed by atoms with Gasteiger partial charge in [-0.15, -0.1) is 0 Å². The number of fused-ring (bicyclic) bond motifs is 2. The molecule has 1 aromatic heterocycles. The molecule has 0 spiro atoms. The fourth-order valence-corrected chi connectivity index (χ4v) is 15.4. The van der Waals surface area contributed by atoms with E-state index in [1.165, 1.54) is 37.8 Å². The zero-order valence-corrected chi connectivity index (χ0v) is 59.6. The quantitative estimate of drug-likeness (QED) is 0.0459. The molecule has 0 bridgehead atoms. The number of benzene rings is 2. The van der Waals surface area contributed by atoms with E-state index in [1.54, 1.807) is 37.4 Å². The SMILES string of the molecule is CCC(=O)[C@@H]1CSSC[C@H](NC(=O)[C@@H](CCC(=O)O)CC(=O)[C@H](Cc2c[nH]c3ccccc23)NC(=O)CCC(C(=O)O)N2CCN(CC(=O)O)CCN(CC(=O)O)CCN(CC(=O)O)CC2)C(=O)N2C[C@H](O)C[C@H]2C(=O)C[C@@H](Cc2ccc(O)c(Cl)c2)C(=O)NCC(=O)C[C@@H](CC(C)C)C(=O)N1. The number of carbonyl (C=O) groups is 14. The van der Waals surface area contributed by atoms with Gasteiger partial charge < -0.3 is 66.9 Å². The fourth-order valence-electron chi connectivity index (χ4n) is 12.8. The van der Waals surface area contributed by atoms with Crippen molar-refractivity contribution in [1.29, 1.82) is 0 Å². The lowest BCUT2D eigenvalue weighted by Crippen LogP contribution is -2.54. The molecule has 5 amide bonds. The topological polar surface area (TPSA) is 461 Å². The number of H-pyrrole nitrogens is 1. The van der Waals surface area contributed by atoms with Gasteiger partial charge in [-0.05, 0) is 60.9 Å². The summed E-state index contributed by atoms with van der Waals surface area (Å²) >= 11 is 6.25. The maximum atomic E-state index is 15.2. The number of carboxylic acid groups (broad SMARTS) is 5. The Bertz CT molecular complexity index is 3480. The number of hydrogen-bond acceptors (Lipinski definition) is 22. The minimum Gasteiger partial charge on any atom is -0.506 e. The van der Waals surface area contributed by atoms with E-state index in [9.17, 15) is 88.5 Å². The van der Waals surface area contributed by atoms with E-state index >= 15 is 14.4 Å². The predicted molar refractivity (Wildman–Crippen MR) is 374 cm³/mol. The first-order valence-corrected chi connectivity index (χ1v) is 36.8. The lowest BCUT2D eigenvalue weighted by atomic mass is 9.89. The maximum Gasteiger partial charge on any atom is 0.320 e. The first-order chi connectivity index (χ1) is 48.4. The van der Waals surface area contributed by atoms with Crippen LogP contribution in [0.1, 0.15) is 96.1 Å². The van der Waals surface area contributed by atoms with Crippen molar-refractivity contribution in [1.82, 2.24) is 50.8 Å². The average molecular weight is 1490 g/mol. The zero-order valence-electron chi connectivity index (χ0n) is 57.3. The third-order valence-electron chi connectivity index (χ3n) is 18.2. The van der Waals surface area contributed by atoms with Crippen LogP contribution in [0.4, 0.5) is 0 Å². The number of aromatic hydroxyl groups is 1. The summed E-state index contributed by atoms with van der Waals surface area (Å²) in [4.78, 5) is 201. The van der Waals surface area contributed by atoms with E-state index in [0.717, 1.165) is 26.5 Å². The summed E-state index contributed by atoms with van der Waals surface area (Å²) in [5.41, 5.74) is 1.57. The first-order valence-electron chi connectivity index (χ1n) is 33.9. The standard InChI is InChI=1S/C68H93ClN10O21S2/c1-4-55(82)51-37-101-102-38-52(67(98)79-33-46(81)30-54(79)58(85)29-43(24-40-9-12-56(83)48(69)25-40)64(95)71-32-45(80)26-42(23-39(2)3)66(97)73-51)74-65(96)41(10-14-60(87)88)28-57(84)50(27-44-31-70-49-8-6-5-7-47(44)49)72-59(86)13-11-53(68(99)100)78-21-19-76(35-62(91)92)17-15-75(34-61(89)90)16-18-77(20-22-78)36-63(93)94/h5-9,12,25,31,39,41-43,46,50-54,70,81,83H,4,10-11,13-24,26-30,32-38H2,1-3H3,(H,71,95)(H,72,86)(H,73,97)(H,74,96)(H,87,88)(H,89,90)(H,91,92)(H,93,94)(H,99,100)/t41-,42+,43+,46+,50-,51-,52-,53?,54-/m0/s1. The molecule has 0 saturated carbocycles. The summed E-state index contributed by atoms with van der Waals surface area (Å²) < 4.78 is 0. The van der Waals surface area contributed by atoms with Gasteiger partial charge in [-0.1, -0.05) is 78.2 Å². The smallest absolute Gasteiger partial charge is 0.320 e. The number of nitrogens with zero attached hydrogens (tertiary/aromatic N) is 5. The van der Waals surface area contributed by atoms with Crippen LogP contribution in [-0.2, 0) is 80.0 Å². The van der Waals surface area contributed by atoms with E-state index in [4.69, 9.17) is 11.6 Å². The van der Waals surface area contributed by atoms with Crippen molar-refractivity contribution in [2.24, 2.45) is 23.7 Å². The van der Waals surface area contributed by atoms with Gasteiger partial charge in [-0.25, -0.2) is 0 Å². The number of aliphatic hydroxyl groups excluding tert-OH is 1. The highest BCUT2D eigenvalue weighted by Crippen LogP contribution is 2.31. The molecule has 0 aliphatic carbocycles. The second-order valence-electron chi connectivity index (χ2n) is 26.5. The highest BCUT2D eigenvalue weighted by molar-refractivity contribution is 8.76. The molecule has 3 saturated heterocycles. The summed E-state index contributed by atoms with van der Waals surface area (Å²) in [5.74, 6) is -17.3. The van der Waals surface area contributed by atoms with Gasteiger partial charge in [0.1, 0.15) is 17.8 Å². The number of ketones is 4. The molecule has 31 nitrogen and oxygen atoms in total. The Balaban J connectivity index is 1.31. The molecule has 3 aliphatic rings. The summed E-state index contributed by atoms with van der Waals surface area (Å²) in [6, 6.07) is 4.08. The monoisotopic (exact) mass is 1480 g/mol. The van der Waals surface area contributed by atoms with Gasteiger partial charge in [-0.2, -0.15) is 0 Å². The number of phenolic OH excluding ortho intramolecular Hbond substituents is 1. The highest BCUT2D eigenvalue weighted by atomic mass is 35.5. The minimum atomic E-state index is -1.62. The largest absolute Gasteiger partial charge is 0.506 e. The number of aromatic nitrogens is 1. The van der Waals surface area contributed by atoms with E-state index in [1.807, 2.05) is 13.8 Å². The zero-order chi connectivity index (χ0) is 74.9. The second kappa shape index (κ2) is 40.7. The maximum absolute atomic E-state index is 15.2. The molecule has 6 rings (SSSR count). The van der Waals surface area contributed by atoms with Gasteiger partial charge in [0.15, 0.2) is 23.1 Å². The number of nitrogens with one attached hydrogen (secondary N) is 5. The normalized spacial score (nSPS) is 22.2. The minimum absolute atomic E-state index is 0.0130. The third kappa shape index (κ3) is 26.6. The third-order valence-corrected chi connectivity index (χ3v) is 20.9. The molecule has 1 unspecified atom stereocenters. The number of hydrogen-bond donors (Lipinski definition) is 12. The van der Waals surface area contributed by atoms with Gasteiger partial charge in [0.05, 0.1) is 55.4 Å². The number of carbonyl (C=O) groups excluding carboxylic acids is 9. The Labute approximate surface area is 602 Å². The lowest BCUT2D eigenvalue weighted by molar-refractivity contribution is -0.145. The van der Waals surface area contributed by atoms with Gasteiger partial charge in [-0.3, -0.25) is 86.7 Å². The highest BCUT2D eigenvalue weighted by Gasteiger charge is 2.44. The van der Waals surface area contributed by atoms with Crippen molar-refractivity contribution in [3.63, 3.8) is 0 Å². The second-order valence-corrected chi connectivity index (χ2v) is 29.4. The molecule has 102 heavy (non-hydrogen) atoms. The van der Waals surface area contributed by atoms with Crippen LogP contribution in [0.25, 0.3) is 10.9 Å². The number of amides is 5. The molecule has 3 aromatic rings. The van der Waals surface area contributed by atoms with Crippen LogP contribution in [0, 0.1) is 23.7 Å². The van der Waals surface area contributed by atoms with Crippen molar-refractivity contribution < 1.29 is 103 Å².